The topological polar surface area (TPSA) is 39.7 Å². The summed E-state index contributed by atoms with van der Waals surface area (Å²) in [6, 6.07) is 3.47. The summed E-state index contributed by atoms with van der Waals surface area (Å²) in [5.74, 6) is -0.491. The zero-order chi connectivity index (χ0) is 16.9. The normalized spacial score (nSPS) is 14.1. The molecule has 0 fully saturated rings. The van der Waals surface area contributed by atoms with Crippen molar-refractivity contribution in [2.45, 2.75) is 32.4 Å². The fourth-order valence-corrected chi connectivity index (χ4v) is 2.10. The van der Waals surface area contributed by atoms with Crippen molar-refractivity contribution < 1.29 is 8.78 Å². The molecule has 1 unspecified atom stereocenters. The van der Waals surface area contributed by atoms with Gasteiger partial charge in [-0.05, 0) is 47.0 Å². The lowest BCUT2D eigenvalue weighted by molar-refractivity contribution is 0.282. The van der Waals surface area contributed by atoms with Crippen molar-refractivity contribution in [3.63, 3.8) is 0 Å². The average Bonchev–Trinajstić information content (AvgIpc) is 2.38. The number of nitrogens with zero attached hydrogens (tertiary/aromatic N) is 2. The minimum absolute atomic E-state index is 0.0613. The quantitative estimate of drug-likeness (QED) is 0.663. The molecule has 2 N–H and O–H groups in total. The van der Waals surface area contributed by atoms with Gasteiger partial charge in [0.2, 0.25) is 0 Å². The number of halogens is 2. The van der Waals surface area contributed by atoms with E-state index in [-0.39, 0.29) is 11.1 Å². The van der Waals surface area contributed by atoms with Crippen molar-refractivity contribution in [3.05, 3.63) is 35.4 Å². The lowest BCUT2D eigenvalue weighted by atomic mass is 10.0. The van der Waals surface area contributed by atoms with Gasteiger partial charge >= 0.3 is 0 Å². The second-order valence-corrected chi connectivity index (χ2v) is 6.44. The third-order valence-electron chi connectivity index (χ3n) is 3.14. The van der Waals surface area contributed by atoms with E-state index in [0.29, 0.717) is 12.5 Å². The first-order valence-corrected chi connectivity index (χ1v) is 7.25. The molecule has 0 bridgehead atoms. The number of guanidine groups is 1. The molecule has 6 heteroatoms. The van der Waals surface area contributed by atoms with Crippen LogP contribution in [0.5, 0.6) is 0 Å². The van der Waals surface area contributed by atoms with E-state index in [1.807, 2.05) is 20.8 Å². The molecule has 1 aromatic carbocycles. The summed E-state index contributed by atoms with van der Waals surface area (Å²) in [5, 5.41) is 6.34. The summed E-state index contributed by atoms with van der Waals surface area (Å²) in [7, 11) is 5.24. The molecule has 1 rings (SSSR count). The van der Waals surface area contributed by atoms with Crippen LogP contribution in [0.1, 0.15) is 32.4 Å². The second kappa shape index (κ2) is 7.54. The Balaban J connectivity index is 2.91. The second-order valence-electron chi connectivity index (χ2n) is 6.44. The summed E-state index contributed by atoms with van der Waals surface area (Å²) in [6.45, 7) is 6.38. The molecule has 0 amide bonds. The smallest absolute Gasteiger partial charge is 0.191 e. The third kappa shape index (κ3) is 5.26. The van der Waals surface area contributed by atoms with Crippen LogP contribution >= 0.6 is 0 Å². The fourth-order valence-electron chi connectivity index (χ4n) is 2.10. The minimum Gasteiger partial charge on any atom is -0.354 e. The van der Waals surface area contributed by atoms with Crippen LogP contribution in [0.4, 0.5) is 8.78 Å². The number of benzene rings is 1. The Morgan fingerprint density at radius 1 is 1.23 bits per heavy atom. The van der Waals surface area contributed by atoms with Gasteiger partial charge in [-0.25, -0.2) is 8.78 Å². The molecule has 0 aliphatic carbocycles. The molecule has 124 valence electrons. The zero-order valence-electron chi connectivity index (χ0n) is 14.2. The summed E-state index contributed by atoms with van der Waals surface area (Å²) in [5.41, 5.74) is -0.0928. The average molecular weight is 312 g/mol. The van der Waals surface area contributed by atoms with Crippen LogP contribution in [0.25, 0.3) is 0 Å². The number of aliphatic imine (C=N–C) groups is 1. The number of likely N-dealkylation sites (N-methyl/N-ethyl adjacent to an activating group) is 1. The molecule has 0 aliphatic rings. The largest absolute Gasteiger partial charge is 0.354 e. The van der Waals surface area contributed by atoms with E-state index in [1.165, 1.54) is 18.2 Å². The zero-order valence-corrected chi connectivity index (χ0v) is 14.2. The number of hydrogen-bond donors (Lipinski definition) is 2. The van der Waals surface area contributed by atoms with Crippen LogP contribution in [-0.4, -0.2) is 44.1 Å². The van der Waals surface area contributed by atoms with Crippen LogP contribution in [0.3, 0.4) is 0 Å². The van der Waals surface area contributed by atoms with Crippen molar-refractivity contribution in [3.8, 4) is 0 Å². The van der Waals surface area contributed by atoms with Crippen molar-refractivity contribution >= 4 is 5.96 Å². The van der Waals surface area contributed by atoms with Gasteiger partial charge in [-0.2, -0.15) is 0 Å². The van der Waals surface area contributed by atoms with Crippen molar-refractivity contribution in [2.75, 3.05) is 27.7 Å². The molecule has 0 saturated heterocycles. The number of nitrogens with one attached hydrogen (secondary N) is 2. The highest BCUT2D eigenvalue weighted by Crippen LogP contribution is 2.23. The van der Waals surface area contributed by atoms with Crippen LogP contribution in [0.15, 0.2) is 23.2 Å². The Bertz CT molecular complexity index is 501. The highest BCUT2D eigenvalue weighted by molar-refractivity contribution is 5.80. The Labute approximate surface area is 131 Å². The van der Waals surface area contributed by atoms with Gasteiger partial charge in [0.15, 0.2) is 5.96 Å². The molecule has 0 spiro atoms. The lowest BCUT2D eigenvalue weighted by Crippen LogP contribution is -2.49. The first-order chi connectivity index (χ1) is 10.2. The van der Waals surface area contributed by atoms with Crippen molar-refractivity contribution in [1.82, 2.24) is 15.5 Å². The predicted molar refractivity (Wildman–Crippen MR) is 87.0 cm³/mol. The summed E-state index contributed by atoms with van der Waals surface area (Å²) >= 11 is 0. The van der Waals surface area contributed by atoms with Gasteiger partial charge in [0.1, 0.15) is 11.6 Å². The summed E-state index contributed by atoms with van der Waals surface area (Å²) in [4.78, 5) is 5.91. The first kappa shape index (κ1) is 18.4. The Morgan fingerprint density at radius 2 is 1.77 bits per heavy atom. The molecule has 0 aromatic heterocycles. The predicted octanol–water partition coefficient (Wildman–Crippen LogP) is 2.53. The summed E-state index contributed by atoms with van der Waals surface area (Å²) < 4.78 is 28.0. The molecule has 1 atom stereocenters. The number of hydrogen-bond acceptors (Lipinski definition) is 2. The molecule has 0 heterocycles. The Kier molecular flexibility index (Phi) is 6.29. The molecule has 1 aromatic rings. The molecular weight excluding hydrogens is 286 g/mol. The molecule has 0 radical (unpaired) electrons. The van der Waals surface area contributed by atoms with E-state index >= 15 is 0 Å². The molecule has 0 saturated carbocycles. The Morgan fingerprint density at radius 3 is 2.18 bits per heavy atom. The van der Waals surface area contributed by atoms with Crippen LogP contribution in [0.2, 0.25) is 0 Å². The SMILES string of the molecule is CN=C(NCC(c1c(F)cccc1F)N(C)C)NC(C)(C)C. The van der Waals surface area contributed by atoms with E-state index in [9.17, 15) is 8.78 Å². The summed E-state index contributed by atoms with van der Waals surface area (Å²) in [6.07, 6.45) is 0. The molecular formula is C16H26F2N4. The highest BCUT2D eigenvalue weighted by atomic mass is 19.1. The molecule has 0 aliphatic heterocycles. The van der Waals surface area contributed by atoms with Gasteiger partial charge in [-0.15, -0.1) is 0 Å². The van der Waals surface area contributed by atoms with E-state index < -0.39 is 17.7 Å². The number of rotatable bonds is 4. The van der Waals surface area contributed by atoms with Gasteiger partial charge in [-0.3, -0.25) is 4.99 Å². The minimum atomic E-state index is -0.542. The standard InChI is InChI=1S/C16H26F2N4/c1-16(2,3)21-15(19-4)20-10-13(22(5)6)14-11(17)8-7-9-12(14)18/h7-9,13H,10H2,1-6H3,(H2,19,20,21). The van der Waals surface area contributed by atoms with E-state index in [2.05, 4.69) is 15.6 Å². The van der Waals surface area contributed by atoms with Gasteiger partial charge in [0.25, 0.3) is 0 Å². The van der Waals surface area contributed by atoms with E-state index in [1.54, 1.807) is 26.0 Å². The monoisotopic (exact) mass is 312 g/mol. The highest BCUT2D eigenvalue weighted by Gasteiger charge is 2.23. The van der Waals surface area contributed by atoms with Crippen molar-refractivity contribution in [2.24, 2.45) is 4.99 Å². The molecule has 4 nitrogen and oxygen atoms in total. The Hall–Kier alpha value is -1.69. The van der Waals surface area contributed by atoms with Gasteiger partial charge < -0.3 is 15.5 Å². The lowest BCUT2D eigenvalue weighted by Gasteiger charge is -2.29. The van der Waals surface area contributed by atoms with Crippen LogP contribution in [-0.2, 0) is 0 Å². The van der Waals surface area contributed by atoms with Gasteiger partial charge in [0, 0.05) is 24.7 Å². The third-order valence-corrected chi connectivity index (χ3v) is 3.14. The first-order valence-electron chi connectivity index (χ1n) is 7.25. The van der Waals surface area contributed by atoms with Crippen LogP contribution in [0, 0.1) is 11.6 Å². The van der Waals surface area contributed by atoms with Crippen molar-refractivity contribution in [1.29, 1.82) is 0 Å². The van der Waals surface area contributed by atoms with Gasteiger partial charge in [-0.1, -0.05) is 6.07 Å². The van der Waals surface area contributed by atoms with Crippen LogP contribution < -0.4 is 10.6 Å². The van der Waals surface area contributed by atoms with Gasteiger partial charge in [0.05, 0.1) is 6.04 Å². The maximum atomic E-state index is 14.0. The maximum Gasteiger partial charge on any atom is 0.191 e. The maximum absolute atomic E-state index is 14.0. The molecule has 22 heavy (non-hydrogen) atoms. The van der Waals surface area contributed by atoms with E-state index in [0.717, 1.165) is 0 Å². The fraction of sp³-hybridized carbons (Fsp3) is 0.562. The van der Waals surface area contributed by atoms with E-state index in [4.69, 9.17) is 0 Å².